The van der Waals surface area contributed by atoms with E-state index in [1.165, 1.54) is 64.2 Å². The lowest BCUT2D eigenvalue weighted by Gasteiger charge is -2.21. The average molecular weight is 839 g/mol. The number of benzene rings is 4. The first-order chi connectivity index (χ1) is 30.1. The highest BCUT2D eigenvalue weighted by Crippen LogP contribution is 2.47. The van der Waals surface area contributed by atoms with Gasteiger partial charge < -0.3 is 28.4 Å². The number of unbranched alkanes of at least 4 members (excludes halogenated alkanes) is 18. The molecule has 0 saturated heterocycles. The van der Waals surface area contributed by atoms with Gasteiger partial charge in [-0.2, -0.15) is 0 Å². The molecule has 338 valence electrons. The number of ether oxygens (including phenoxy) is 6. The zero-order chi connectivity index (χ0) is 43.3. The molecule has 0 aliphatic rings. The molecule has 0 spiro atoms. The molecule has 61 heavy (non-hydrogen) atoms. The molecule has 0 aliphatic carbocycles. The van der Waals surface area contributed by atoms with Gasteiger partial charge >= 0.3 is 0 Å². The quantitative estimate of drug-likeness (QED) is 0.0258. The monoisotopic (exact) mass is 839 g/mol. The summed E-state index contributed by atoms with van der Waals surface area (Å²) in [6.45, 7) is 15.1. The van der Waals surface area contributed by atoms with Crippen molar-refractivity contribution in [3.05, 3.63) is 36.4 Å². The van der Waals surface area contributed by atoms with Crippen molar-refractivity contribution in [3.8, 4) is 46.8 Å². The normalized spacial score (nSPS) is 11.3. The number of terminal acetylenes is 1. The van der Waals surface area contributed by atoms with Crippen LogP contribution in [-0.2, 0) is 0 Å². The van der Waals surface area contributed by atoms with Crippen LogP contribution in [0.5, 0.6) is 34.5 Å². The number of hydrogen-bond acceptors (Lipinski definition) is 6. The topological polar surface area (TPSA) is 55.4 Å². The summed E-state index contributed by atoms with van der Waals surface area (Å²) in [7, 11) is 0. The lowest BCUT2D eigenvalue weighted by Crippen LogP contribution is -2.05. The fourth-order valence-corrected chi connectivity index (χ4v) is 7.94. The van der Waals surface area contributed by atoms with Crippen molar-refractivity contribution in [2.24, 2.45) is 0 Å². The van der Waals surface area contributed by atoms with Gasteiger partial charge in [-0.05, 0) is 120 Å². The summed E-state index contributed by atoms with van der Waals surface area (Å²) in [4.78, 5) is 0. The second kappa shape index (κ2) is 30.1. The lowest BCUT2D eigenvalue weighted by atomic mass is 9.93. The highest BCUT2D eigenvalue weighted by Gasteiger charge is 2.21. The van der Waals surface area contributed by atoms with Crippen LogP contribution in [-0.4, -0.2) is 39.6 Å². The molecule has 0 bridgehead atoms. The molecule has 4 aromatic carbocycles. The Bertz CT molecular complexity index is 1810. The molecule has 6 nitrogen and oxygen atoms in total. The standard InChI is InChI=1S/C55H82O6/c1-7-13-19-25-31-37-61-55-43-49-47-41-53(59-35-29-23-17-11-5)51(57-33-27-21-15-9-3)39-45(47)44-38-50(56-32-26-20-14-8-2)52(58-34-28-22-16-10-4)40-46(44)48(49)42-54(55)60-36-30-24-18-12-6/h1,38-43H,8-37H2,2-6H3. The van der Waals surface area contributed by atoms with Gasteiger partial charge in [0, 0.05) is 6.42 Å². The van der Waals surface area contributed by atoms with E-state index in [-0.39, 0.29) is 0 Å². The molecular formula is C55H82O6. The second-order valence-electron chi connectivity index (χ2n) is 16.9. The zero-order valence-corrected chi connectivity index (χ0v) is 39.2. The van der Waals surface area contributed by atoms with Crippen molar-refractivity contribution in [2.75, 3.05) is 39.6 Å². The molecule has 6 heteroatoms. The molecule has 0 unspecified atom stereocenters. The molecule has 0 saturated carbocycles. The molecule has 0 N–H and O–H groups in total. The first-order valence-corrected chi connectivity index (χ1v) is 24.8. The van der Waals surface area contributed by atoms with Gasteiger partial charge in [-0.1, -0.05) is 131 Å². The Morgan fingerprint density at radius 1 is 0.295 bits per heavy atom. The van der Waals surface area contributed by atoms with Crippen LogP contribution >= 0.6 is 0 Å². The van der Waals surface area contributed by atoms with Crippen LogP contribution in [0.2, 0.25) is 0 Å². The minimum atomic E-state index is 0.602. The summed E-state index contributed by atoms with van der Waals surface area (Å²) >= 11 is 0. The third-order valence-corrected chi connectivity index (χ3v) is 11.6. The van der Waals surface area contributed by atoms with Crippen molar-refractivity contribution in [1.82, 2.24) is 0 Å². The second-order valence-corrected chi connectivity index (χ2v) is 16.9. The van der Waals surface area contributed by atoms with Gasteiger partial charge in [0.2, 0.25) is 0 Å². The van der Waals surface area contributed by atoms with Crippen LogP contribution in [0.3, 0.4) is 0 Å². The van der Waals surface area contributed by atoms with Gasteiger partial charge in [-0.25, -0.2) is 0 Å². The maximum atomic E-state index is 6.64. The molecule has 0 heterocycles. The van der Waals surface area contributed by atoms with Crippen LogP contribution in [0.15, 0.2) is 36.4 Å². The SMILES string of the molecule is C#CCCCCCOc1cc2c3cc(OCCCCCC)c(OCCCCCC)cc3c3cc(OCCCCCC)c(OCCCCCC)cc3c2cc1OCCCCCC. The largest absolute Gasteiger partial charge is 0.490 e. The van der Waals surface area contributed by atoms with Crippen LogP contribution in [0.4, 0.5) is 0 Å². The Balaban J connectivity index is 1.94. The third-order valence-electron chi connectivity index (χ3n) is 11.6. The number of fused-ring (bicyclic) bond motifs is 6. The van der Waals surface area contributed by atoms with E-state index in [0.29, 0.717) is 39.6 Å². The van der Waals surface area contributed by atoms with Gasteiger partial charge in [0.05, 0.1) is 39.6 Å². The molecule has 0 radical (unpaired) electrons. The van der Waals surface area contributed by atoms with E-state index >= 15 is 0 Å². The Morgan fingerprint density at radius 2 is 0.492 bits per heavy atom. The maximum Gasteiger partial charge on any atom is 0.161 e. The van der Waals surface area contributed by atoms with Gasteiger partial charge in [0.15, 0.2) is 34.5 Å². The molecule has 0 aliphatic heterocycles. The van der Waals surface area contributed by atoms with Gasteiger partial charge in [-0.15, -0.1) is 12.3 Å². The first kappa shape index (κ1) is 49.7. The van der Waals surface area contributed by atoms with Crippen LogP contribution < -0.4 is 28.4 Å². The van der Waals surface area contributed by atoms with E-state index < -0.39 is 0 Å². The van der Waals surface area contributed by atoms with E-state index in [1.54, 1.807) is 0 Å². The molecule has 0 amide bonds. The fourth-order valence-electron chi connectivity index (χ4n) is 7.94. The van der Waals surface area contributed by atoms with E-state index in [1.807, 2.05) is 0 Å². The van der Waals surface area contributed by atoms with E-state index in [2.05, 4.69) is 76.9 Å². The molecule has 4 rings (SSSR count). The number of rotatable bonds is 36. The van der Waals surface area contributed by atoms with Gasteiger partial charge in [0.1, 0.15) is 0 Å². The van der Waals surface area contributed by atoms with Crippen molar-refractivity contribution in [2.45, 2.75) is 189 Å². The summed E-state index contributed by atoms with van der Waals surface area (Å²) in [5.74, 6) is 7.53. The average Bonchev–Trinajstić information content (AvgIpc) is 3.27. The third kappa shape index (κ3) is 16.7. The predicted octanol–water partition coefficient (Wildman–Crippen LogP) is 16.5. The highest BCUT2D eigenvalue weighted by molar-refractivity contribution is 6.26. The minimum absolute atomic E-state index is 0.602. The molecule has 0 atom stereocenters. The number of hydrogen-bond donors (Lipinski definition) is 0. The van der Waals surface area contributed by atoms with E-state index in [0.717, 1.165) is 157 Å². The van der Waals surface area contributed by atoms with Crippen molar-refractivity contribution in [3.63, 3.8) is 0 Å². The van der Waals surface area contributed by atoms with E-state index in [4.69, 9.17) is 34.8 Å². The summed E-state index contributed by atoms with van der Waals surface area (Å²) in [6, 6.07) is 13.3. The van der Waals surface area contributed by atoms with Crippen LogP contribution in [0.1, 0.15) is 189 Å². The molecule has 4 aromatic rings. The highest BCUT2D eigenvalue weighted by atomic mass is 16.5. The summed E-state index contributed by atoms with van der Waals surface area (Å²) < 4.78 is 39.8. The fraction of sp³-hybridized carbons (Fsp3) is 0.636. The van der Waals surface area contributed by atoms with Crippen molar-refractivity contribution >= 4 is 32.3 Å². The van der Waals surface area contributed by atoms with Crippen molar-refractivity contribution < 1.29 is 28.4 Å². The smallest absolute Gasteiger partial charge is 0.161 e. The summed E-state index contributed by atoms with van der Waals surface area (Å²) in [6.07, 6.45) is 32.1. The zero-order valence-electron chi connectivity index (χ0n) is 39.2. The van der Waals surface area contributed by atoms with Crippen LogP contribution in [0, 0.1) is 12.3 Å². The Labute approximate surface area is 371 Å². The Morgan fingerprint density at radius 3 is 0.672 bits per heavy atom. The van der Waals surface area contributed by atoms with Gasteiger partial charge in [-0.3, -0.25) is 0 Å². The van der Waals surface area contributed by atoms with E-state index in [9.17, 15) is 0 Å². The molecule has 0 aromatic heterocycles. The first-order valence-electron chi connectivity index (χ1n) is 24.8. The summed E-state index contributed by atoms with van der Waals surface area (Å²) in [5, 5.41) is 6.59. The Hall–Kier alpha value is -3.98. The maximum absolute atomic E-state index is 6.64. The summed E-state index contributed by atoms with van der Waals surface area (Å²) in [5.41, 5.74) is 0. The molecule has 0 fully saturated rings. The lowest BCUT2D eigenvalue weighted by molar-refractivity contribution is 0.259. The predicted molar refractivity (Wildman–Crippen MR) is 260 cm³/mol. The van der Waals surface area contributed by atoms with Crippen molar-refractivity contribution in [1.29, 1.82) is 0 Å². The Kier molecular flexibility index (Phi) is 24.5. The van der Waals surface area contributed by atoms with Gasteiger partial charge in [0.25, 0.3) is 0 Å². The van der Waals surface area contributed by atoms with Crippen LogP contribution in [0.25, 0.3) is 32.3 Å². The molecular weight excluding hydrogens is 757 g/mol. The minimum Gasteiger partial charge on any atom is -0.490 e.